The Morgan fingerprint density at radius 2 is 2.05 bits per heavy atom. The molecule has 0 spiro atoms. The van der Waals surface area contributed by atoms with Crippen LogP contribution in [0.2, 0.25) is 0 Å². The lowest BCUT2D eigenvalue weighted by Crippen LogP contribution is -2.32. The predicted molar refractivity (Wildman–Crippen MR) is 73.5 cm³/mol. The smallest absolute Gasteiger partial charge is 0.304 e. The monoisotopic (exact) mass is 274 g/mol. The molecule has 20 heavy (non-hydrogen) atoms. The average Bonchev–Trinajstić information content (AvgIpc) is 3.27. The van der Waals surface area contributed by atoms with Gasteiger partial charge in [0.25, 0.3) is 0 Å². The lowest BCUT2D eigenvalue weighted by Gasteiger charge is -2.21. The van der Waals surface area contributed by atoms with Gasteiger partial charge in [-0.25, -0.2) is 0 Å². The molecule has 1 aromatic carbocycles. The van der Waals surface area contributed by atoms with E-state index in [0.717, 1.165) is 25.1 Å². The zero-order valence-corrected chi connectivity index (χ0v) is 11.3. The summed E-state index contributed by atoms with van der Waals surface area (Å²) < 4.78 is 5.62. The van der Waals surface area contributed by atoms with Crippen molar-refractivity contribution in [1.82, 2.24) is 4.90 Å². The maximum Gasteiger partial charge on any atom is 0.304 e. The first-order valence-electron chi connectivity index (χ1n) is 6.78. The van der Waals surface area contributed by atoms with Crippen molar-refractivity contribution in [2.24, 2.45) is 0 Å². The summed E-state index contributed by atoms with van der Waals surface area (Å²) >= 11 is 0. The molecule has 0 atom stereocenters. The maximum atomic E-state index is 10.6. The van der Waals surface area contributed by atoms with E-state index in [1.807, 2.05) is 0 Å². The first-order chi connectivity index (χ1) is 9.69. The minimum atomic E-state index is -0.760. The number of carboxylic acids is 1. The van der Waals surface area contributed by atoms with Gasteiger partial charge < -0.3 is 9.84 Å². The predicted octanol–water partition coefficient (Wildman–Crippen LogP) is 1.88. The number of hydrogen-bond donors (Lipinski definition) is 1. The highest BCUT2D eigenvalue weighted by Gasteiger charge is 2.28. The minimum absolute atomic E-state index is 0.174. The molecule has 0 unspecified atom stereocenters. The van der Waals surface area contributed by atoms with Crippen LogP contribution in [0.15, 0.2) is 24.3 Å². The van der Waals surface area contributed by atoms with Crippen LogP contribution < -0.4 is 4.74 Å². The van der Waals surface area contributed by atoms with Gasteiger partial charge in [0.05, 0.1) is 18.1 Å². The van der Waals surface area contributed by atoms with Gasteiger partial charge in [-0.15, -0.1) is 0 Å². The van der Waals surface area contributed by atoms with E-state index in [1.165, 1.54) is 0 Å². The number of hydrogen-bond acceptors (Lipinski definition) is 4. The average molecular weight is 274 g/mol. The van der Waals surface area contributed by atoms with E-state index in [4.69, 9.17) is 15.1 Å². The summed E-state index contributed by atoms with van der Waals surface area (Å²) in [5.41, 5.74) is 0.610. The number of aliphatic carboxylic acids is 1. The first-order valence-corrected chi connectivity index (χ1v) is 6.78. The number of nitrogens with zero attached hydrogens (tertiary/aromatic N) is 2. The van der Waals surface area contributed by atoms with Gasteiger partial charge in [-0.3, -0.25) is 9.69 Å². The summed E-state index contributed by atoms with van der Waals surface area (Å²) in [5.74, 6) is -0.0263. The van der Waals surface area contributed by atoms with Gasteiger partial charge in [-0.2, -0.15) is 5.26 Å². The quantitative estimate of drug-likeness (QED) is 0.783. The van der Waals surface area contributed by atoms with Crippen LogP contribution in [-0.2, 0) is 4.79 Å². The molecule has 1 saturated carbocycles. The Morgan fingerprint density at radius 1 is 1.35 bits per heavy atom. The number of rotatable bonds is 8. The summed E-state index contributed by atoms with van der Waals surface area (Å²) in [6, 6.07) is 9.58. The molecule has 1 N–H and O–H groups in total. The van der Waals surface area contributed by atoms with Crippen molar-refractivity contribution in [3.63, 3.8) is 0 Å². The molecule has 1 aliphatic rings. The van der Waals surface area contributed by atoms with Crippen molar-refractivity contribution in [3.05, 3.63) is 29.8 Å². The molecule has 0 bridgehead atoms. The molecule has 1 fully saturated rings. The topological polar surface area (TPSA) is 73.6 Å². The SMILES string of the molecule is N#Cc1ccc(OCCN(CCC(=O)O)C2CC2)cc1. The Balaban J connectivity index is 1.74. The second-order valence-corrected chi connectivity index (χ2v) is 4.90. The molecule has 0 radical (unpaired) electrons. The van der Waals surface area contributed by atoms with E-state index in [2.05, 4.69) is 11.0 Å². The highest BCUT2D eigenvalue weighted by molar-refractivity contribution is 5.66. The first kappa shape index (κ1) is 14.4. The van der Waals surface area contributed by atoms with E-state index >= 15 is 0 Å². The molecule has 2 rings (SSSR count). The van der Waals surface area contributed by atoms with Crippen molar-refractivity contribution in [2.45, 2.75) is 25.3 Å². The molecule has 0 heterocycles. The fourth-order valence-corrected chi connectivity index (χ4v) is 2.06. The van der Waals surface area contributed by atoms with E-state index in [9.17, 15) is 4.79 Å². The van der Waals surface area contributed by atoms with E-state index in [0.29, 0.717) is 24.8 Å². The van der Waals surface area contributed by atoms with Gasteiger partial charge in [0.15, 0.2) is 0 Å². The van der Waals surface area contributed by atoms with Crippen LogP contribution in [0.4, 0.5) is 0 Å². The zero-order chi connectivity index (χ0) is 14.4. The molecule has 106 valence electrons. The Morgan fingerprint density at radius 3 is 2.60 bits per heavy atom. The van der Waals surface area contributed by atoms with Gasteiger partial charge >= 0.3 is 5.97 Å². The largest absolute Gasteiger partial charge is 0.492 e. The molecule has 5 nitrogen and oxygen atoms in total. The molecule has 0 saturated heterocycles. The normalized spacial score (nSPS) is 14.0. The van der Waals surface area contributed by atoms with Crippen molar-refractivity contribution >= 4 is 5.97 Å². The van der Waals surface area contributed by atoms with Crippen molar-refractivity contribution < 1.29 is 14.6 Å². The Labute approximate surface area is 118 Å². The van der Waals surface area contributed by atoms with Gasteiger partial charge in [0.2, 0.25) is 0 Å². The third kappa shape index (κ3) is 4.56. The van der Waals surface area contributed by atoms with Crippen LogP contribution in [0.3, 0.4) is 0 Å². The number of carbonyl (C=O) groups is 1. The zero-order valence-electron chi connectivity index (χ0n) is 11.3. The molecule has 0 aromatic heterocycles. The standard InChI is InChI=1S/C15H18N2O3/c16-11-12-1-5-14(6-2-12)20-10-9-17(13-3-4-13)8-7-15(18)19/h1-2,5-6,13H,3-4,7-10H2,(H,18,19). The van der Waals surface area contributed by atoms with Crippen LogP contribution >= 0.6 is 0 Å². The summed E-state index contributed by atoms with van der Waals surface area (Å²) in [7, 11) is 0. The lowest BCUT2D eigenvalue weighted by atomic mass is 10.2. The fourth-order valence-electron chi connectivity index (χ4n) is 2.06. The molecule has 5 heteroatoms. The van der Waals surface area contributed by atoms with E-state index < -0.39 is 5.97 Å². The van der Waals surface area contributed by atoms with Crippen LogP contribution in [0.1, 0.15) is 24.8 Å². The van der Waals surface area contributed by atoms with Crippen molar-refractivity contribution in [1.29, 1.82) is 5.26 Å². The molecule has 0 aliphatic heterocycles. The third-order valence-electron chi connectivity index (χ3n) is 3.31. The minimum Gasteiger partial charge on any atom is -0.492 e. The third-order valence-corrected chi connectivity index (χ3v) is 3.31. The Kier molecular flexibility index (Phi) is 4.97. The second-order valence-electron chi connectivity index (χ2n) is 4.90. The number of ether oxygens (including phenoxy) is 1. The molecule has 1 aliphatic carbocycles. The summed E-state index contributed by atoms with van der Waals surface area (Å²) in [5, 5.41) is 17.4. The fraction of sp³-hybridized carbons (Fsp3) is 0.467. The van der Waals surface area contributed by atoms with Gasteiger partial charge in [0, 0.05) is 19.1 Å². The highest BCUT2D eigenvalue weighted by atomic mass is 16.5. The van der Waals surface area contributed by atoms with Crippen molar-refractivity contribution in [2.75, 3.05) is 19.7 Å². The van der Waals surface area contributed by atoms with Gasteiger partial charge in [-0.05, 0) is 37.1 Å². The summed E-state index contributed by atoms with van der Waals surface area (Å²) in [4.78, 5) is 12.8. The Bertz CT molecular complexity index is 489. The van der Waals surface area contributed by atoms with Gasteiger partial charge in [0.1, 0.15) is 12.4 Å². The lowest BCUT2D eigenvalue weighted by molar-refractivity contribution is -0.137. The van der Waals surface area contributed by atoms with Gasteiger partial charge in [-0.1, -0.05) is 0 Å². The summed E-state index contributed by atoms with van der Waals surface area (Å²) in [6.45, 7) is 1.84. The maximum absolute atomic E-state index is 10.6. The van der Waals surface area contributed by atoms with E-state index in [-0.39, 0.29) is 6.42 Å². The molecule has 0 amide bonds. The van der Waals surface area contributed by atoms with E-state index in [1.54, 1.807) is 24.3 Å². The number of nitriles is 1. The summed E-state index contributed by atoms with van der Waals surface area (Å²) in [6.07, 6.45) is 2.47. The van der Waals surface area contributed by atoms with Crippen molar-refractivity contribution in [3.8, 4) is 11.8 Å². The van der Waals surface area contributed by atoms with Crippen LogP contribution in [0.5, 0.6) is 5.75 Å². The molecular formula is C15H18N2O3. The molecule has 1 aromatic rings. The van der Waals surface area contributed by atoms with Crippen LogP contribution in [-0.4, -0.2) is 41.7 Å². The van der Waals surface area contributed by atoms with Crippen LogP contribution in [0, 0.1) is 11.3 Å². The van der Waals surface area contributed by atoms with Crippen LogP contribution in [0.25, 0.3) is 0 Å². The Hall–Kier alpha value is -2.06. The molecular weight excluding hydrogens is 256 g/mol. The second kappa shape index (κ2) is 6.92. The number of benzene rings is 1. The highest BCUT2D eigenvalue weighted by Crippen LogP contribution is 2.26. The number of carboxylic acid groups (broad SMARTS) is 1.